The molecule has 4 N–H and O–H groups in total. The molecule has 1 fully saturated rings. The van der Waals surface area contributed by atoms with Crippen LogP contribution in [-0.4, -0.2) is 41.0 Å². The van der Waals surface area contributed by atoms with Crippen molar-refractivity contribution in [2.75, 3.05) is 18.8 Å². The molecule has 6 heteroatoms. The highest BCUT2D eigenvalue weighted by Crippen LogP contribution is 2.24. The molecule has 1 saturated heterocycles. The average molecular weight is 277 g/mol. The van der Waals surface area contributed by atoms with Crippen LogP contribution in [0.4, 0.5) is 5.69 Å². The van der Waals surface area contributed by atoms with Gasteiger partial charge in [0, 0.05) is 13.1 Å². The van der Waals surface area contributed by atoms with Crippen LogP contribution in [0.3, 0.4) is 0 Å². The summed E-state index contributed by atoms with van der Waals surface area (Å²) < 4.78 is 0. The van der Waals surface area contributed by atoms with Crippen LogP contribution in [0.15, 0.2) is 18.2 Å². The zero-order valence-electron chi connectivity index (χ0n) is 11.4. The Morgan fingerprint density at radius 1 is 1.35 bits per heavy atom. The molecule has 1 heterocycles. The number of nitrogen functional groups attached to an aromatic ring is 1. The first-order chi connectivity index (χ1) is 9.50. The summed E-state index contributed by atoms with van der Waals surface area (Å²) in [6.45, 7) is 3.12. The lowest BCUT2D eigenvalue weighted by atomic mass is 10.1. The van der Waals surface area contributed by atoms with Gasteiger partial charge in [0.1, 0.15) is 6.04 Å². The first-order valence-corrected chi connectivity index (χ1v) is 6.68. The molecule has 6 nitrogen and oxygen atoms in total. The van der Waals surface area contributed by atoms with Crippen molar-refractivity contribution < 1.29 is 14.7 Å². The molecule has 0 aliphatic carbocycles. The third-order valence-corrected chi connectivity index (χ3v) is 3.45. The Morgan fingerprint density at radius 3 is 2.65 bits per heavy atom. The molecule has 1 aliphatic heterocycles. The summed E-state index contributed by atoms with van der Waals surface area (Å²) in [7, 11) is 0. The van der Waals surface area contributed by atoms with Crippen molar-refractivity contribution >= 4 is 17.5 Å². The highest BCUT2D eigenvalue weighted by Gasteiger charge is 2.25. The van der Waals surface area contributed by atoms with Crippen molar-refractivity contribution in [2.24, 2.45) is 0 Å². The third kappa shape index (κ3) is 2.84. The van der Waals surface area contributed by atoms with Crippen molar-refractivity contribution in [3.63, 3.8) is 0 Å². The Morgan fingerprint density at radius 2 is 2.00 bits per heavy atom. The van der Waals surface area contributed by atoms with Crippen LogP contribution in [0, 0.1) is 0 Å². The molecular formula is C14H19N3O3. The SMILES string of the molecule is CC(NC(=O)c1cccc(N)c1O)C(=O)N1CCCC1. The number of nitrogens with zero attached hydrogens (tertiary/aromatic N) is 1. The third-order valence-electron chi connectivity index (χ3n) is 3.45. The number of nitrogens with two attached hydrogens (primary N) is 1. The van der Waals surface area contributed by atoms with E-state index in [0.717, 1.165) is 25.9 Å². The van der Waals surface area contributed by atoms with E-state index in [9.17, 15) is 14.7 Å². The Bertz CT molecular complexity index is 524. The van der Waals surface area contributed by atoms with Crippen LogP contribution >= 0.6 is 0 Å². The van der Waals surface area contributed by atoms with E-state index in [-0.39, 0.29) is 22.9 Å². The van der Waals surface area contributed by atoms with Gasteiger partial charge in [-0.15, -0.1) is 0 Å². The number of carbonyl (C=O) groups excluding carboxylic acids is 2. The molecule has 1 aromatic carbocycles. The Kier molecular flexibility index (Phi) is 4.12. The van der Waals surface area contributed by atoms with Gasteiger partial charge in [0.25, 0.3) is 5.91 Å². The van der Waals surface area contributed by atoms with E-state index < -0.39 is 11.9 Å². The van der Waals surface area contributed by atoms with Crippen molar-refractivity contribution in [3.05, 3.63) is 23.8 Å². The summed E-state index contributed by atoms with van der Waals surface area (Å²) in [5.74, 6) is -0.861. The van der Waals surface area contributed by atoms with Gasteiger partial charge in [0.15, 0.2) is 5.75 Å². The van der Waals surface area contributed by atoms with Gasteiger partial charge in [-0.3, -0.25) is 9.59 Å². The number of likely N-dealkylation sites (tertiary alicyclic amines) is 1. The number of hydrogen-bond donors (Lipinski definition) is 3. The summed E-state index contributed by atoms with van der Waals surface area (Å²) in [6.07, 6.45) is 2.00. The molecule has 108 valence electrons. The van der Waals surface area contributed by atoms with Gasteiger partial charge in [0.05, 0.1) is 11.3 Å². The Labute approximate surface area is 117 Å². The van der Waals surface area contributed by atoms with Gasteiger partial charge in [-0.1, -0.05) is 6.07 Å². The predicted molar refractivity (Wildman–Crippen MR) is 75.3 cm³/mol. The normalized spacial score (nSPS) is 15.9. The van der Waals surface area contributed by atoms with Gasteiger partial charge in [-0.2, -0.15) is 0 Å². The summed E-state index contributed by atoms with van der Waals surface area (Å²) in [6, 6.07) is 3.93. The first-order valence-electron chi connectivity index (χ1n) is 6.68. The largest absolute Gasteiger partial charge is 0.505 e. The molecule has 0 radical (unpaired) electrons. The number of amides is 2. The molecule has 1 unspecified atom stereocenters. The van der Waals surface area contributed by atoms with E-state index in [4.69, 9.17) is 5.73 Å². The smallest absolute Gasteiger partial charge is 0.255 e. The molecular weight excluding hydrogens is 258 g/mol. The standard InChI is InChI=1S/C14H19N3O3/c1-9(14(20)17-7-2-3-8-17)16-13(19)10-5-4-6-11(15)12(10)18/h4-6,9,18H,2-3,7-8,15H2,1H3,(H,16,19). The summed E-state index contributed by atoms with van der Waals surface area (Å²) in [5.41, 5.74) is 5.75. The minimum atomic E-state index is -0.624. The number of phenols is 1. The number of para-hydroxylation sites is 1. The molecule has 2 amide bonds. The lowest BCUT2D eigenvalue weighted by Gasteiger charge is -2.21. The van der Waals surface area contributed by atoms with E-state index >= 15 is 0 Å². The molecule has 1 aromatic rings. The van der Waals surface area contributed by atoms with Crippen LogP contribution in [-0.2, 0) is 4.79 Å². The number of carbonyl (C=O) groups is 2. The van der Waals surface area contributed by atoms with Crippen LogP contribution in [0.5, 0.6) is 5.75 Å². The molecule has 1 atom stereocenters. The maximum Gasteiger partial charge on any atom is 0.255 e. The monoisotopic (exact) mass is 277 g/mol. The van der Waals surface area contributed by atoms with Crippen LogP contribution in [0.2, 0.25) is 0 Å². The fraction of sp³-hybridized carbons (Fsp3) is 0.429. The van der Waals surface area contributed by atoms with E-state index in [2.05, 4.69) is 5.32 Å². The topological polar surface area (TPSA) is 95.7 Å². The van der Waals surface area contributed by atoms with Crippen LogP contribution in [0.25, 0.3) is 0 Å². The highest BCUT2D eigenvalue weighted by molar-refractivity contribution is 6.00. The summed E-state index contributed by atoms with van der Waals surface area (Å²) in [4.78, 5) is 25.9. The predicted octanol–water partition coefficient (Wildman–Crippen LogP) is 0.715. The fourth-order valence-corrected chi connectivity index (χ4v) is 2.29. The number of benzene rings is 1. The second-order valence-electron chi connectivity index (χ2n) is 4.97. The van der Waals surface area contributed by atoms with Crippen molar-refractivity contribution in [1.82, 2.24) is 10.2 Å². The molecule has 0 bridgehead atoms. The van der Waals surface area contributed by atoms with E-state index in [1.54, 1.807) is 17.9 Å². The lowest BCUT2D eigenvalue weighted by molar-refractivity contribution is -0.131. The Balaban J connectivity index is 2.03. The quantitative estimate of drug-likeness (QED) is 0.560. The molecule has 20 heavy (non-hydrogen) atoms. The molecule has 0 saturated carbocycles. The number of aromatic hydroxyl groups is 1. The summed E-state index contributed by atoms with van der Waals surface area (Å²) in [5, 5.41) is 12.3. The van der Waals surface area contributed by atoms with E-state index in [0.29, 0.717) is 0 Å². The molecule has 0 aromatic heterocycles. The zero-order valence-corrected chi connectivity index (χ0v) is 11.4. The maximum absolute atomic E-state index is 12.1. The number of anilines is 1. The van der Waals surface area contributed by atoms with Gasteiger partial charge in [-0.05, 0) is 31.9 Å². The minimum Gasteiger partial charge on any atom is -0.505 e. The van der Waals surface area contributed by atoms with Crippen LogP contribution in [0.1, 0.15) is 30.1 Å². The second-order valence-corrected chi connectivity index (χ2v) is 4.97. The second kappa shape index (κ2) is 5.81. The lowest BCUT2D eigenvalue weighted by Crippen LogP contribution is -2.45. The van der Waals surface area contributed by atoms with Crippen molar-refractivity contribution in [3.8, 4) is 5.75 Å². The summed E-state index contributed by atoms with van der Waals surface area (Å²) >= 11 is 0. The maximum atomic E-state index is 12.1. The van der Waals surface area contributed by atoms with Gasteiger partial charge in [-0.25, -0.2) is 0 Å². The van der Waals surface area contributed by atoms with Crippen molar-refractivity contribution in [2.45, 2.75) is 25.8 Å². The van der Waals surface area contributed by atoms with Gasteiger partial charge in [0.2, 0.25) is 5.91 Å². The zero-order chi connectivity index (χ0) is 14.7. The van der Waals surface area contributed by atoms with Crippen molar-refractivity contribution in [1.29, 1.82) is 0 Å². The number of rotatable bonds is 3. The Hall–Kier alpha value is -2.24. The fourth-order valence-electron chi connectivity index (χ4n) is 2.29. The first kappa shape index (κ1) is 14.2. The molecule has 2 rings (SSSR count). The minimum absolute atomic E-state index is 0.0751. The van der Waals surface area contributed by atoms with Gasteiger partial charge < -0.3 is 21.1 Å². The average Bonchev–Trinajstić information content (AvgIpc) is 2.94. The highest BCUT2D eigenvalue weighted by atomic mass is 16.3. The van der Waals surface area contributed by atoms with Crippen LogP contribution < -0.4 is 11.1 Å². The van der Waals surface area contributed by atoms with Gasteiger partial charge >= 0.3 is 0 Å². The molecule has 0 spiro atoms. The molecule has 1 aliphatic rings. The number of hydrogen-bond acceptors (Lipinski definition) is 4. The number of nitrogens with one attached hydrogen (secondary N) is 1. The number of phenolic OH excluding ortho intramolecular Hbond substituents is 1. The van der Waals surface area contributed by atoms with E-state index in [1.165, 1.54) is 12.1 Å². The van der Waals surface area contributed by atoms with E-state index in [1.807, 2.05) is 0 Å².